The van der Waals surface area contributed by atoms with E-state index in [4.69, 9.17) is 9.47 Å². The molecule has 49 nitrogen and oxygen atoms in total. The maximum Gasteiger partial charge on any atom is 0.320 e. The Hall–Kier alpha value is -13.0. The van der Waals surface area contributed by atoms with Crippen molar-refractivity contribution in [2.75, 3.05) is 164 Å². The first kappa shape index (κ1) is 117. The van der Waals surface area contributed by atoms with Gasteiger partial charge in [-0.3, -0.25) is 115 Å². The minimum Gasteiger partial charge on any atom is -0.508 e. The number of nitrogens with one attached hydrogen (secondary N) is 8. The fraction of sp³-hybridized carbons (Fsp3) is 0.581. The lowest BCUT2D eigenvalue weighted by molar-refractivity contribution is -0.145. The molecule has 7 rings (SSSR count). The average molecular weight is 2120 g/mol. The zero-order valence-electron chi connectivity index (χ0n) is 80.7. The number of nitrogens with zero attached hydrogens (tertiary/aromatic N) is 13. The van der Waals surface area contributed by atoms with Gasteiger partial charge < -0.3 is 108 Å². The Bertz CT molecular complexity index is 5030. The van der Waals surface area contributed by atoms with Gasteiger partial charge in [0.15, 0.2) is 5.82 Å². The molecular formula is C93H134IN21O28. The Morgan fingerprint density at radius 2 is 1.01 bits per heavy atom. The predicted molar refractivity (Wildman–Crippen MR) is 518 cm³/mol. The largest absolute Gasteiger partial charge is 0.508 e. The molecule has 143 heavy (non-hydrogen) atoms. The van der Waals surface area contributed by atoms with Gasteiger partial charge in [-0.05, 0) is 147 Å². The monoisotopic (exact) mass is 2120 g/mol. The molecule has 3 aromatic carbocycles. The molecule has 0 saturated carbocycles. The SMILES string of the molecule is CCNC(=O)c1nnc(-c2cc(C(C)C)c(O)cc2O)n1-c1ccc(CN2CCN(C(=O)CCNC(=O)[C@@H](CCC(=O)O)NC(=O)[C@@H](CCC(=O)O)NC(=O)[C@@H](CCC(=O)O)NC(=O)COCCOCCNC(=O)CCCCn3cc(CN(CCCNC(=O)CC[C@H](C(=O)O)N4CCN(CC(=O)O)CCN(CC(=O)O)CCN(CC(=O)O)CC4)C(=O)CCCNC(=O)CCCc4ccc(I)cc4)nn3)CC2)cc1. The summed E-state index contributed by atoms with van der Waals surface area (Å²) >= 11 is 2.22. The number of ether oxygens (including phenoxy) is 2. The number of carboxylic acid groups (broad SMARTS) is 7. The van der Waals surface area contributed by atoms with E-state index in [-0.39, 0.29) is 215 Å². The van der Waals surface area contributed by atoms with E-state index in [1.165, 1.54) is 10.6 Å². The number of carbonyl (C=O) groups excluding carboxylic acids is 10. The highest BCUT2D eigenvalue weighted by molar-refractivity contribution is 14.1. The number of hydrogen-bond acceptors (Lipinski definition) is 30. The molecule has 2 aliphatic rings. The minimum atomic E-state index is -1.74. The van der Waals surface area contributed by atoms with Gasteiger partial charge in [-0.25, -0.2) is 0 Å². The van der Waals surface area contributed by atoms with Crippen LogP contribution in [0.25, 0.3) is 17.1 Å². The molecule has 2 fully saturated rings. The minimum absolute atomic E-state index is 0.0240. The second kappa shape index (κ2) is 62.4. The van der Waals surface area contributed by atoms with E-state index in [2.05, 4.69) is 90.5 Å². The Labute approximate surface area is 839 Å². The molecule has 50 heteroatoms. The van der Waals surface area contributed by atoms with E-state index < -0.39 is 160 Å². The number of halogens is 1. The highest BCUT2D eigenvalue weighted by Gasteiger charge is 2.35. The van der Waals surface area contributed by atoms with Crippen LogP contribution in [0.1, 0.15) is 169 Å². The normalized spacial score (nSPS) is 14.5. The highest BCUT2D eigenvalue weighted by atomic mass is 127. The topological polar surface area (TPSA) is 671 Å². The highest BCUT2D eigenvalue weighted by Crippen LogP contribution is 2.38. The average Bonchev–Trinajstić information content (AvgIpc) is 1.63. The summed E-state index contributed by atoms with van der Waals surface area (Å²) in [5.74, 6) is -15.2. The second-order valence-electron chi connectivity index (χ2n) is 34.9. The molecule has 0 unspecified atom stereocenters. The first-order valence-corrected chi connectivity index (χ1v) is 48.8. The maximum atomic E-state index is 13.9. The van der Waals surface area contributed by atoms with Crippen molar-refractivity contribution < 1.29 is 137 Å². The number of rotatable bonds is 63. The molecule has 4 atom stereocenters. The number of aryl methyl sites for hydroxylation is 2. The molecule has 2 aromatic heterocycles. The maximum absolute atomic E-state index is 13.9. The lowest BCUT2D eigenvalue weighted by Crippen LogP contribution is -2.57. The van der Waals surface area contributed by atoms with Crippen molar-refractivity contribution in [1.29, 1.82) is 0 Å². The number of carbonyl (C=O) groups is 17. The van der Waals surface area contributed by atoms with Crippen LogP contribution < -0.4 is 42.5 Å². The van der Waals surface area contributed by atoms with Crippen LogP contribution in [0.4, 0.5) is 0 Å². The summed E-state index contributed by atoms with van der Waals surface area (Å²) in [6.45, 7) is 7.16. The quantitative estimate of drug-likeness (QED) is 0.0181. The molecule has 2 saturated heterocycles. The molecule has 17 N–H and O–H groups in total. The van der Waals surface area contributed by atoms with Gasteiger partial charge in [-0.15, -0.1) is 15.3 Å². The van der Waals surface area contributed by atoms with E-state index in [0.29, 0.717) is 94.9 Å². The third kappa shape index (κ3) is 43.8. The van der Waals surface area contributed by atoms with Crippen molar-refractivity contribution in [2.45, 2.75) is 186 Å². The van der Waals surface area contributed by atoms with Crippen molar-refractivity contribution in [2.24, 2.45) is 0 Å². The number of phenolic OH excluding ortho intramolecular Hbond substituents is 2. The number of benzene rings is 3. The van der Waals surface area contributed by atoms with Gasteiger partial charge in [0.2, 0.25) is 59.0 Å². The molecule has 0 radical (unpaired) electrons. The molecule has 0 bridgehead atoms. The number of aliphatic carboxylic acids is 7. The zero-order chi connectivity index (χ0) is 104. The van der Waals surface area contributed by atoms with Crippen molar-refractivity contribution in [3.8, 4) is 28.6 Å². The van der Waals surface area contributed by atoms with Gasteiger partial charge in [0.25, 0.3) is 5.91 Å². The molecular weight excluding hydrogens is 1990 g/mol. The van der Waals surface area contributed by atoms with Crippen molar-refractivity contribution in [3.63, 3.8) is 0 Å². The summed E-state index contributed by atoms with van der Waals surface area (Å²) in [5, 5.41) is 127. The van der Waals surface area contributed by atoms with Crippen LogP contribution in [0, 0.1) is 3.57 Å². The number of aromatic nitrogens is 6. The molecule has 0 spiro atoms. The van der Waals surface area contributed by atoms with E-state index >= 15 is 0 Å². The third-order valence-corrected chi connectivity index (χ3v) is 24.2. The number of unbranched alkanes of at least 4 members (excludes halogenated alkanes) is 1. The van der Waals surface area contributed by atoms with Crippen LogP contribution in [0.5, 0.6) is 11.5 Å². The van der Waals surface area contributed by atoms with E-state index in [0.717, 1.165) is 21.1 Å². The first-order valence-electron chi connectivity index (χ1n) is 47.7. The number of aromatic hydroxyl groups is 2. The van der Waals surface area contributed by atoms with E-state index in [9.17, 15) is 127 Å². The fourth-order valence-corrected chi connectivity index (χ4v) is 16.2. The van der Waals surface area contributed by atoms with Crippen LogP contribution in [-0.2, 0) is 112 Å². The van der Waals surface area contributed by atoms with Crippen LogP contribution in [0.3, 0.4) is 0 Å². The summed E-state index contributed by atoms with van der Waals surface area (Å²) in [4.78, 5) is 229. The molecule has 2 aliphatic heterocycles. The van der Waals surface area contributed by atoms with Gasteiger partial charge in [0, 0.05) is 198 Å². The summed E-state index contributed by atoms with van der Waals surface area (Å²) < 4.78 is 15.1. The second-order valence-corrected chi connectivity index (χ2v) is 36.1. The van der Waals surface area contributed by atoms with Crippen LogP contribution in [0.15, 0.2) is 66.9 Å². The number of amides is 10. The Morgan fingerprint density at radius 1 is 0.476 bits per heavy atom. The van der Waals surface area contributed by atoms with Gasteiger partial charge >= 0.3 is 41.8 Å². The molecule has 786 valence electrons. The van der Waals surface area contributed by atoms with Crippen LogP contribution >= 0.6 is 22.6 Å². The summed E-state index contributed by atoms with van der Waals surface area (Å²) in [7, 11) is 0. The molecule has 0 aliphatic carbocycles. The molecule has 10 amide bonds. The van der Waals surface area contributed by atoms with Gasteiger partial charge in [-0.2, -0.15) is 0 Å². The summed E-state index contributed by atoms with van der Waals surface area (Å²) in [6, 6.07) is 11.9. The van der Waals surface area contributed by atoms with E-state index in [1.54, 1.807) is 65.4 Å². The Kier molecular flexibility index (Phi) is 51.0. The van der Waals surface area contributed by atoms with Crippen LogP contribution in [0.2, 0.25) is 0 Å². The predicted octanol–water partition coefficient (Wildman–Crippen LogP) is 0.0969. The summed E-state index contributed by atoms with van der Waals surface area (Å²) in [5.41, 5.74) is 3.75. The fourth-order valence-electron chi connectivity index (χ4n) is 15.8. The number of phenols is 2. The standard InChI is InChI=1S/C93H134IN21O28/c1-4-95-92(139)88-105-104-87(68-52-67(61(2)3)73(116)53-74(68)117)115(88)66-20-16-63(17-21-66)54-107-43-47-112(48-44-107)80(123)30-33-99-89(136)69(22-27-81(124)125)101-91(138)71(24-29-83(128)129)102-90(137)70(23-28-82(126)127)100-78(121)60-143-51-50-142-49-34-98-75(118)11-5-6-36-114-56-65(103-106-114)55-113(79(122)13-8-31-96-76(119)12-7-10-62-14-18-64(94)19-15-62)35-9-32-97-77(120)26-25-72(93(140)141)111-45-41-109(58-85(132)133)39-37-108(57-84(130)131)38-40-110(42-46-111)59-86(134)135/h14-21,52-53,56,61,69-72,116-117H,4-13,22-51,54-55,57-60H2,1-3H3,(H,95,139)(H,96,119)(H,97,120)(H,98,118)(H,99,136)(H,100,121)(H,101,138)(H,102,137)(H,124,125)(H,126,127)(H,128,129)(H,130,131)(H,132,133)(H,134,135)(H,140,141)/t69-,70-,71-,72-/m1/s1. The van der Waals surface area contributed by atoms with Crippen molar-refractivity contribution >= 4 is 123 Å². The van der Waals surface area contributed by atoms with Gasteiger partial charge in [-0.1, -0.05) is 43.3 Å². The Balaban J connectivity index is 0.816. The van der Waals surface area contributed by atoms with Gasteiger partial charge in [0.1, 0.15) is 48.0 Å². The van der Waals surface area contributed by atoms with E-state index in [1.807, 2.05) is 50.2 Å². The third-order valence-electron chi connectivity index (χ3n) is 23.5. The first-order chi connectivity index (χ1) is 68.3. The number of hydrogen-bond donors (Lipinski definition) is 17. The number of piperazine rings is 1. The smallest absolute Gasteiger partial charge is 0.320 e. The lowest BCUT2D eigenvalue weighted by Gasteiger charge is -2.35. The zero-order valence-corrected chi connectivity index (χ0v) is 82.9. The Morgan fingerprint density at radius 3 is 1.57 bits per heavy atom. The molecule has 5 aromatic rings. The lowest BCUT2D eigenvalue weighted by atomic mass is 9.98. The number of carboxylic acids is 7. The van der Waals surface area contributed by atoms with Crippen LogP contribution in [-0.4, -0.2) is 399 Å². The van der Waals surface area contributed by atoms with Gasteiger partial charge in [0.05, 0.1) is 57.8 Å². The molecule has 4 heterocycles. The summed E-state index contributed by atoms with van der Waals surface area (Å²) in [6.07, 6.45) is 0.757. The van der Waals surface area contributed by atoms with Crippen molar-refractivity contribution in [3.05, 3.63) is 98.6 Å². The van der Waals surface area contributed by atoms with Crippen molar-refractivity contribution in [1.82, 2.24) is 107 Å².